The Morgan fingerprint density at radius 2 is 0.773 bits per heavy atom. The Kier molecular flexibility index (Phi) is 24.2. The van der Waals surface area contributed by atoms with Crippen molar-refractivity contribution in [2.24, 2.45) is 0 Å². The van der Waals surface area contributed by atoms with Crippen LogP contribution in [0.4, 0.5) is 0 Å². The standard InChI is InChI=1S/C31H46O.C27H22O.C21H30O5S2/c1-5-7-9-11-13-15-21-31(22-16-14-12-10-8-6-2)29-23-25(3)17-19-27(29)28-20-18-26(4)24-30(28)32-31;1-19-13-15-23-24-16-14-20(2)18-26(24)28-27(25(23)17-19,21-9-5-3-6-10-21)22-11-7-4-8-12-22;1-15-13-17-19(27-15)20-18(14-16(2)28-20)26-21(17,5-7-24-11-9-22-3)6-8-25-12-10-23-4/h17-20,23-24H,5-16,21-22H2,1-4H3;3-18H,1-2H3;13-14H,5-12H2,1-4H3. The summed E-state index contributed by atoms with van der Waals surface area (Å²) in [5.41, 5.74) is 15.0. The van der Waals surface area contributed by atoms with Crippen LogP contribution >= 0.6 is 22.7 Å². The van der Waals surface area contributed by atoms with Crippen LogP contribution in [0.1, 0.15) is 176 Å². The minimum atomic E-state index is -0.676. The lowest BCUT2D eigenvalue weighted by Gasteiger charge is -2.41. The Hall–Kier alpha value is -6.04. The van der Waals surface area contributed by atoms with Gasteiger partial charge in [-0.25, -0.2) is 0 Å². The summed E-state index contributed by atoms with van der Waals surface area (Å²) in [6, 6.07) is 52.5. The van der Waals surface area contributed by atoms with Gasteiger partial charge in [0, 0.05) is 75.8 Å². The molecule has 9 heteroatoms. The molecule has 6 aromatic carbocycles. The van der Waals surface area contributed by atoms with Crippen molar-refractivity contribution in [3.63, 3.8) is 0 Å². The van der Waals surface area contributed by atoms with Crippen LogP contribution in [0.3, 0.4) is 0 Å². The summed E-state index contributed by atoms with van der Waals surface area (Å²) in [4.78, 5) is 5.16. The van der Waals surface area contributed by atoms with Gasteiger partial charge in [-0.3, -0.25) is 0 Å². The van der Waals surface area contributed by atoms with Gasteiger partial charge in [0.25, 0.3) is 0 Å². The number of methoxy groups -OCH3 is 2. The lowest BCUT2D eigenvalue weighted by atomic mass is 9.74. The van der Waals surface area contributed by atoms with E-state index in [2.05, 4.69) is 201 Å². The summed E-state index contributed by atoms with van der Waals surface area (Å²) < 4.78 is 42.5. The highest BCUT2D eigenvalue weighted by molar-refractivity contribution is 7.22. The average Bonchev–Trinajstić information content (AvgIpc) is 1.01. The van der Waals surface area contributed by atoms with E-state index in [1.54, 1.807) is 25.6 Å². The maximum absolute atomic E-state index is 7.04. The molecule has 0 N–H and O–H groups in total. The van der Waals surface area contributed by atoms with Crippen LogP contribution in [0.5, 0.6) is 17.2 Å². The van der Waals surface area contributed by atoms with Gasteiger partial charge in [0.05, 0.1) is 49.4 Å². The molecular weight excluding hydrogens is 1120 g/mol. The normalized spacial score (nSPS) is 14.2. The summed E-state index contributed by atoms with van der Waals surface area (Å²) in [5.74, 6) is 3.02. The van der Waals surface area contributed by atoms with E-state index >= 15 is 0 Å². The zero-order valence-corrected chi connectivity index (χ0v) is 56.2. The molecule has 8 aromatic rings. The number of fused-ring (bicyclic) bond motifs is 9. The van der Waals surface area contributed by atoms with E-state index in [4.69, 9.17) is 33.2 Å². The molecule has 3 aliphatic heterocycles. The molecule has 88 heavy (non-hydrogen) atoms. The van der Waals surface area contributed by atoms with Crippen LogP contribution in [-0.2, 0) is 35.8 Å². The first-order valence-electron chi connectivity index (χ1n) is 32.8. The molecule has 0 amide bonds. The quantitative estimate of drug-likeness (QED) is 0.0453. The van der Waals surface area contributed by atoms with Crippen molar-refractivity contribution in [2.75, 3.05) is 53.9 Å². The van der Waals surface area contributed by atoms with Gasteiger partial charge in [-0.2, -0.15) is 0 Å². The molecule has 0 bridgehead atoms. The highest BCUT2D eigenvalue weighted by atomic mass is 32.1. The predicted octanol–water partition coefficient (Wildman–Crippen LogP) is 21.5. The summed E-state index contributed by atoms with van der Waals surface area (Å²) >= 11 is 3.66. The van der Waals surface area contributed by atoms with Gasteiger partial charge in [-0.1, -0.05) is 211 Å². The number of hydrogen-bond donors (Lipinski definition) is 0. The Morgan fingerprint density at radius 3 is 1.30 bits per heavy atom. The van der Waals surface area contributed by atoms with Gasteiger partial charge in [-0.15, -0.1) is 22.7 Å². The van der Waals surface area contributed by atoms with Crippen LogP contribution in [0.25, 0.3) is 32.0 Å². The van der Waals surface area contributed by atoms with Crippen molar-refractivity contribution in [3.8, 4) is 49.3 Å². The number of ether oxygens (including phenoxy) is 7. The molecule has 0 spiro atoms. The van der Waals surface area contributed by atoms with Crippen molar-refractivity contribution in [2.45, 2.75) is 175 Å². The molecule has 3 aliphatic rings. The van der Waals surface area contributed by atoms with E-state index in [-0.39, 0.29) is 5.60 Å². The van der Waals surface area contributed by atoms with Crippen molar-refractivity contribution in [1.82, 2.24) is 0 Å². The number of hydrogen-bond acceptors (Lipinski definition) is 9. The summed E-state index contributed by atoms with van der Waals surface area (Å²) in [7, 11) is 3.38. The fraction of sp³-hybridized carbons (Fsp3) is 0.443. The Bertz CT molecular complexity index is 3380. The van der Waals surface area contributed by atoms with Gasteiger partial charge < -0.3 is 33.2 Å². The van der Waals surface area contributed by atoms with Gasteiger partial charge in [0.2, 0.25) is 0 Å². The third-order valence-corrected chi connectivity index (χ3v) is 20.0. The molecular formula is C79H98O7S2. The zero-order valence-electron chi connectivity index (χ0n) is 54.6. The molecule has 0 saturated heterocycles. The fourth-order valence-electron chi connectivity index (χ4n) is 13.1. The first kappa shape index (κ1) is 66.4. The summed E-state index contributed by atoms with van der Waals surface area (Å²) in [6.45, 7) is 21.2. The number of thiophene rings is 2. The first-order valence-corrected chi connectivity index (χ1v) is 34.5. The molecule has 0 saturated carbocycles. The second kappa shape index (κ2) is 32.1. The second-order valence-electron chi connectivity index (χ2n) is 24.7. The smallest absolute Gasteiger partial charge is 0.185 e. The molecule has 11 rings (SSSR count). The van der Waals surface area contributed by atoms with Crippen LogP contribution in [0.2, 0.25) is 0 Å². The Balaban J connectivity index is 0.000000157. The Morgan fingerprint density at radius 1 is 0.352 bits per heavy atom. The van der Waals surface area contributed by atoms with E-state index < -0.39 is 11.2 Å². The van der Waals surface area contributed by atoms with Gasteiger partial charge in [0.15, 0.2) is 5.60 Å². The minimum Gasteiger partial charge on any atom is -0.482 e. The molecule has 0 aliphatic carbocycles. The largest absolute Gasteiger partial charge is 0.482 e. The van der Waals surface area contributed by atoms with Crippen LogP contribution in [-0.4, -0.2) is 53.9 Å². The summed E-state index contributed by atoms with van der Waals surface area (Å²) in [6.07, 6.45) is 19.8. The van der Waals surface area contributed by atoms with E-state index in [9.17, 15) is 0 Å². The maximum atomic E-state index is 7.04. The van der Waals surface area contributed by atoms with Gasteiger partial charge >= 0.3 is 0 Å². The lowest BCUT2D eigenvalue weighted by Crippen LogP contribution is -2.38. The second-order valence-corrected chi connectivity index (χ2v) is 27.2. The number of unbranched alkanes of at least 4 members (excludes halogenated alkanes) is 10. The van der Waals surface area contributed by atoms with Crippen molar-refractivity contribution in [1.29, 1.82) is 0 Å². The number of benzene rings is 6. The third-order valence-electron chi connectivity index (χ3n) is 17.7. The topological polar surface area (TPSA) is 64.6 Å². The fourth-order valence-corrected chi connectivity index (χ4v) is 15.3. The van der Waals surface area contributed by atoms with Crippen LogP contribution in [0, 0.1) is 41.5 Å². The SMILES string of the molecule is CCCCCCCCC1(CCCCCCCC)Oc2cc(C)ccc2-c2ccc(C)cc21.COCCOCCC1(CCOCCOC)Oc2cc(C)sc2-c2sc(C)cc21.Cc1ccc2c(c1)OC(c1ccccc1)(c1ccccc1)c1cc(C)ccc1-2. The van der Waals surface area contributed by atoms with Gasteiger partial charge in [-0.05, 0) is 114 Å². The van der Waals surface area contributed by atoms with Crippen molar-refractivity contribution < 1.29 is 33.2 Å². The molecule has 0 radical (unpaired) electrons. The third kappa shape index (κ3) is 15.9. The zero-order chi connectivity index (χ0) is 61.9. The van der Waals surface area contributed by atoms with E-state index in [0.29, 0.717) is 39.6 Å². The molecule has 2 aromatic heterocycles. The van der Waals surface area contributed by atoms with Crippen molar-refractivity contribution in [3.05, 3.63) is 205 Å². The molecule has 5 heterocycles. The highest BCUT2D eigenvalue weighted by Crippen LogP contribution is 2.56. The van der Waals surface area contributed by atoms with E-state index in [0.717, 1.165) is 59.6 Å². The van der Waals surface area contributed by atoms with Crippen LogP contribution < -0.4 is 14.2 Å². The maximum Gasteiger partial charge on any atom is 0.185 e. The monoisotopic (exact) mass is 1220 g/mol. The lowest BCUT2D eigenvalue weighted by molar-refractivity contribution is -0.0235. The molecule has 0 unspecified atom stereocenters. The first-order chi connectivity index (χ1) is 42.9. The molecule has 7 nitrogen and oxygen atoms in total. The van der Waals surface area contributed by atoms with Crippen molar-refractivity contribution >= 4 is 22.7 Å². The minimum absolute atomic E-state index is 0.169. The highest BCUT2D eigenvalue weighted by Gasteiger charge is 2.46. The van der Waals surface area contributed by atoms with Gasteiger partial charge in [0.1, 0.15) is 28.5 Å². The number of aryl methyl sites for hydroxylation is 6. The average molecular weight is 1220 g/mol. The number of rotatable bonds is 28. The Labute approximate surface area is 536 Å². The molecule has 468 valence electrons. The summed E-state index contributed by atoms with van der Waals surface area (Å²) in [5, 5.41) is 0. The van der Waals surface area contributed by atoms with E-state index in [1.807, 2.05) is 11.3 Å². The predicted molar refractivity (Wildman–Crippen MR) is 368 cm³/mol. The molecule has 0 fully saturated rings. The molecule has 0 atom stereocenters. The van der Waals surface area contributed by atoms with Crippen LogP contribution in [0.15, 0.2) is 146 Å². The van der Waals surface area contributed by atoms with E-state index in [1.165, 1.54) is 152 Å².